The van der Waals surface area contributed by atoms with Crippen LogP contribution in [0.3, 0.4) is 0 Å². The molecule has 0 aliphatic carbocycles. The van der Waals surface area contributed by atoms with Crippen molar-refractivity contribution in [2.75, 3.05) is 23.3 Å². The molecular weight excluding hydrogens is 274 g/mol. The van der Waals surface area contributed by atoms with E-state index in [-0.39, 0.29) is 22.6 Å². The van der Waals surface area contributed by atoms with Crippen molar-refractivity contribution in [1.29, 1.82) is 0 Å². The van der Waals surface area contributed by atoms with Crippen LogP contribution in [0.25, 0.3) is 0 Å². The van der Waals surface area contributed by atoms with Crippen LogP contribution in [0.5, 0.6) is 0 Å². The Bertz CT molecular complexity index is 485. The third-order valence-electron chi connectivity index (χ3n) is 2.60. The van der Waals surface area contributed by atoms with Crippen LogP contribution < -0.4 is 11.1 Å². The van der Waals surface area contributed by atoms with Crippen LogP contribution in [0.15, 0.2) is 4.90 Å². The minimum absolute atomic E-state index is 0.0120. The molecule has 1 atom stereocenters. The summed E-state index contributed by atoms with van der Waals surface area (Å²) in [5.41, 5.74) is 5.59. The van der Waals surface area contributed by atoms with Gasteiger partial charge in [-0.15, -0.1) is 0 Å². The van der Waals surface area contributed by atoms with Gasteiger partial charge in [-0.2, -0.15) is 4.37 Å². The first-order chi connectivity index (χ1) is 8.42. The normalized spacial score (nSPS) is 13.5. The number of rotatable bonds is 7. The molecule has 0 amide bonds. The van der Waals surface area contributed by atoms with E-state index in [1.807, 2.05) is 6.92 Å². The van der Waals surface area contributed by atoms with Crippen molar-refractivity contribution < 1.29 is 13.5 Å². The van der Waals surface area contributed by atoms with Gasteiger partial charge in [-0.1, -0.05) is 13.8 Å². The first-order valence-electron chi connectivity index (χ1n) is 5.82. The van der Waals surface area contributed by atoms with Gasteiger partial charge in [-0.05, 0) is 24.4 Å². The zero-order chi connectivity index (χ0) is 13.8. The molecule has 104 valence electrons. The molecule has 8 heteroatoms. The number of nitrogens with one attached hydrogen (secondary N) is 1. The second-order valence-electron chi connectivity index (χ2n) is 3.91. The molecule has 0 fully saturated rings. The fraction of sp³-hybridized carbons (Fsp3) is 0.700. The summed E-state index contributed by atoms with van der Waals surface area (Å²) in [6, 6.07) is 0. The SMILES string of the molecule is CCC(O)CCNc1snc(N)c1S(=O)(=O)CC. The average Bonchev–Trinajstić information content (AvgIpc) is 2.71. The van der Waals surface area contributed by atoms with Gasteiger partial charge in [0.1, 0.15) is 9.90 Å². The highest BCUT2D eigenvalue weighted by molar-refractivity contribution is 7.91. The van der Waals surface area contributed by atoms with E-state index in [0.717, 1.165) is 11.5 Å². The van der Waals surface area contributed by atoms with Crippen LogP contribution in [0.4, 0.5) is 10.8 Å². The molecule has 0 saturated heterocycles. The van der Waals surface area contributed by atoms with Crippen molar-refractivity contribution in [2.45, 2.75) is 37.7 Å². The number of aliphatic hydroxyl groups excluding tert-OH is 1. The number of hydrogen-bond donors (Lipinski definition) is 3. The lowest BCUT2D eigenvalue weighted by molar-refractivity contribution is 0.164. The summed E-state index contributed by atoms with van der Waals surface area (Å²) in [7, 11) is -3.37. The van der Waals surface area contributed by atoms with Gasteiger partial charge >= 0.3 is 0 Å². The molecule has 0 bridgehead atoms. The Morgan fingerprint density at radius 3 is 2.72 bits per heavy atom. The van der Waals surface area contributed by atoms with Crippen LogP contribution in [0, 0.1) is 0 Å². The number of aliphatic hydroxyl groups is 1. The monoisotopic (exact) mass is 293 g/mol. The highest BCUT2D eigenvalue weighted by Gasteiger charge is 2.23. The van der Waals surface area contributed by atoms with Crippen molar-refractivity contribution in [3.63, 3.8) is 0 Å². The number of hydrogen-bond acceptors (Lipinski definition) is 7. The Morgan fingerprint density at radius 2 is 2.17 bits per heavy atom. The molecule has 1 rings (SSSR count). The third kappa shape index (κ3) is 3.56. The topological polar surface area (TPSA) is 105 Å². The molecule has 6 nitrogen and oxygen atoms in total. The summed E-state index contributed by atoms with van der Waals surface area (Å²) in [5.74, 6) is 0.0300. The minimum Gasteiger partial charge on any atom is -0.393 e. The van der Waals surface area contributed by atoms with Gasteiger partial charge in [0, 0.05) is 6.54 Å². The number of nitrogens with two attached hydrogens (primary N) is 1. The molecule has 1 aromatic heterocycles. The molecule has 4 N–H and O–H groups in total. The zero-order valence-electron chi connectivity index (χ0n) is 10.5. The summed E-state index contributed by atoms with van der Waals surface area (Å²) in [4.78, 5) is 0.0842. The van der Waals surface area contributed by atoms with Gasteiger partial charge in [0.05, 0.1) is 11.9 Å². The van der Waals surface area contributed by atoms with E-state index in [1.165, 1.54) is 0 Å². The Labute approximate surface area is 111 Å². The second-order valence-corrected chi connectivity index (χ2v) is 6.90. The Hall–Kier alpha value is -0.860. The molecule has 0 spiro atoms. The predicted molar refractivity (Wildman–Crippen MR) is 73.7 cm³/mol. The number of aromatic nitrogens is 1. The lowest BCUT2D eigenvalue weighted by atomic mass is 10.2. The Kier molecular flexibility index (Phi) is 5.36. The van der Waals surface area contributed by atoms with Crippen LogP contribution in [-0.2, 0) is 9.84 Å². The molecule has 1 heterocycles. The van der Waals surface area contributed by atoms with Gasteiger partial charge in [-0.25, -0.2) is 8.42 Å². The number of nitrogen functional groups attached to an aromatic ring is 1. The first-order valence-corrected chi connectivity index (χ1v) is 8.24. The first kappa shape index (κ1) is 15.2. The van der Waals surface area contributed by atoms with E-state index < -0.39 is 9.84 Å². The maximum Gasteiger partial charge on any atom is 0.184 e. The fourth-order valence-corrected chi connectivity index (χ4v) is 3.60. The van der Waals surface area contributed by atoms with Gasteiger partial charge in [0.15, 0.2) is 15.7 Å². The quantitative estimate of drug-likeness (QED) is 0.695. The van der Waals surface area contributed by atoms with E-state index in [9.17, 15) is 13.5 Å². The maximum atomic E-state index is 11.9. The van der Waals surface area contributed by atoms with E-state index in [4.69, 9.17) is 5.73 Å². The zero-order valence-corrected chi connectivity index (χ0v) is 12.1. The van der Waals surface area contributed by atoms with Crippen molar-refractivity contribution in [3.05, 3.63) is 0 Å². The van der Waals surface area contributed by atoms with Crippen LogP contribution in [0.1, 0.15) is 26.7 Å². The van der Waals surface area contributed by atoms with Gasteiger partial charge in [-0.3, -0.25) is 0 Å². The molecular formula is C10H19N3O3S2. The number of nitrogens with zero attached hydrogens (tertiary/aromatic N) is 1. The molecule has 0 aromatic carbocycles. The van der Waals surface area contributed by atoms with Crippen molar-refractivity contribution in [2.24, 2.45) is 0 Å². The standard InChI is InChI=1S/C10H19N3O3S2/c1-3-7(14)5-6-12-10-8(9(11)13-17-10)18(15,16)4-2/h7,12,14H,3-6H2,1-2H3,(H2,11,13). The number of sulfone groups is 1. The maximum absolute atomic E-state index is 11.9. The molecule has 0 aliphatic heterocycles. The van der Waals surface area contributed by atoms with Crippen LogP contribution >= 0.6 is 11.5 Å². The average molecular weight is 293 g/mol. The summed E-state index contributed by atoms with van der Waals surface area (Å²) < 4.78 is 27.6. The van der Waals surface area contributed by atoms with E-state index in [1.54, 1.807) is 6.92 Å². The lowest BCUT2D eigenvalue weighted by Gasteiger charge is -2.09. The molecule has 1 aromatic rings. The summed E-state index contributed by atoms with van der Waals surface area (Å²) in [6.07, 6.45) is 0.848. The third-order valence-corrected chi connectivity index (χ3v) is 5.34. The minimum atomic E-state index is -3.37. The van der Waals surface area contributed by atoms with E-state index >= 15 is 0 Å². The van der Waals surface area contributed by atoms with Crippen molar-refractivity contribution in [1.82, 2.24) is 4.37 Å². The smallest absolute Gasteiger partial charge is 0.184 e. The Balaban J connectivity index is 2.79. The molecule has 18 heavy (non-hydrogen) atoms. The second kappa shape index (κ2) is 6.35. The van der Waals surface area contributed by atoms with Gasteiger partial charge in [0.25, 0.3) is 0 Å². The highest BCUT2D eigenvalue weighted by Crippen LogP contribution is 2.32. The molecule has 0 aliphatic rings. The van der Waals surface area contributed by atoms with Crippen LogP contribution in [-0.4, -0.2) is 36.3 Å². The van der Waals surface area contributed by atoms with Gasteiger partial charge < -0.3 is 16.2 Å². The van der Waals surface area contributed by atoms with E-state index in [0.29, 0.717) is 24.4 Å². The molecule has 0 saturated carbocycles. The van der Waals surface area contributed by atoms with Crippen molar-refractivity contribution in [3.8, 4) is 0 Å². The van der Waals surface area contributed by atoms with E-state index in [2.05, 4.69) is 9.69 Å². The van der Waals surface area contributed by atoms with Gasteiger partial charge in [0.2, 0.25) is 0 Å². The molecule has 1 unspecified atom stereocenters. The molecule has 0 radical (unpaired) electrons. The lowest BCUT2D eigenvalue weighted by Crippen LogP contribution is -2.14. The summed E-state index contributed by atoms with van der Waals surface area (Å²) >= 11 is 1.03. The fourth-order valence-electron chi connectivity index (χ4n) is 1.41. The predicted octanol–water partition coefficient (Wildman–Crippen LogP) is 1.09. The Morgan fingerprint density at radius 1 is 1.50 bits per heavy atom. The largest absolute Gasteiger partial charge is 0.393 e. The van der Waals surface area contributed by atoms with Crippen molar-refractivity contribution >= 4 is 32.2 Å². The van der Waals surface area contributed by atoms with Crippen LogP contribution in [0.2, 0.25) is 0 Å². The summed E-state index contributed by atoms with van der Waals surface area (Å²) in [5, 5.41) is 12.9. The number of anilines is 2. The summed E-state index contributed by atoms with van der Waals surface area (Å²) in [6.45, 7) is 3.95. The highest BCUT2D eigenvalue weighted by atomic mass is 32.2.